The summed E-state index contributed by atoms with van der Waals surface area (Å²) in [5.41, 5.74) is 2.67. The number of aliphatic hydroxyl groups is 1. The van der Waals surface area contributed by atoms with Crippen molar-refractivity contribution in [2.45, 2.75) is 110 Å². The summed E-state index contributed by atoms with van der Waals surface area (Å²) in [7, 11) is 0. The van der Waals surface area contributed by atoms with Crippen LogP contribution in [0.15, 0.2) is 29.4 Å². The zero-order chi connectivity index (χ0) is 31.9. The highest BCUT2D eigenvalue weighted by Crippen LogP contribution is 2.70. The zero-order valence-electron chi connectivity index (χ0n) is 26.8. The van der Waals surface area contributed by atoms with Crippen LogP contribution in [0.5, 0.6) is 0 Å². The maximum absolute atomic E-state index is 13.3. The number of alkyl halides is 3. The third-order valence-corrected chi connectivity index (χ3v) is 13.5. The van der Waals surface area contributed by atoms with Crippen molar-refractivity contribution in [1.82, 2.24) is 5.43 Å². The van der Waals surface area contributed by atoms with Gasteiger partial charge in [0.1, 0.15) is 0 Å². The maximum atomic E-state index is 13.3. The number of fused-ring (bicyclic) bond motifs is 7. The molecule has 248 valence electrons. The molecule has 7 nitrogen and oxygen atoms in total. The highest BCUT2D eigenvalue weighted by Gasteiger charge is 2.71. The minimum absolute atomic E-state index is 0.0463. The van der Waals surface area contributed by atoms with Gasteiger partial charge in [0, 0.05) is 35.1 Å². The monoisotopic (exact) mass is 631 g/mol. The van der Waals surface area contributed by atoms with E-state index in [0.717, 1.165) is 75.6 Å². The Morgan fingerprint density at radius 3 is 2.60 bits per heavy atom. The summed E-state index contributed by atoms with van der Waals surface area (Å²) >= 11 is 0. The van der Waals surface area contributed by atoms with Gasteiger partial charge in [0.25, 0.3) is 0 Å². The first-order chi connectivity index (χ1) is 21.2. The van der Waals surface area contributed by atoms with Crippen molar-refractivity contribution in [3.63, 3.8) is 0 Å². The predicted molar refractivity (Wildman–Crippen MR) is 164 cm³/mol. The third kappa shape index (κ3) is 5.03. The highest BCUT2D eigenvalue weighted by atomic mass is 19.4. The second-order valence-electron chi connectivity index (χ2n) is 15.7. The first-order valence-corrected chi connectivity index (χ1v) is 17.1. The van der Waals surface area contributed by atoms with Crippen LogP contribution in [0, 0.1) is 52.3 Å². The number of carbonyl (C=O) groups is 1. The molecule has 45 heavy (non-hydrogen) atoms. The van der Waals surface area contributed by atoms with Gasteiger partial charge in [-0.05, 0) is 105 Å². The van der Waals surface area contributed by atoms with E-state index in [1.807, 2.05) is 0 Å². The number of carbonyl (C=O) groups excluding carboxylic acids is 1. The normalized spacial score (nSPS) is 46.7. The summed E-state index contributed by atoms with van der Waals surface area (Å²) < 4.78 is 53.3. The lowest BCUT2D eigenvalue weighted by molar-refractivity contribution is -0.272. The van der Waals surface area contributed by atoms with E-state index in [-0.39, 0.29) is 40.6 Å². The number of hydrogen-bond donors (Lipinski definition) is 3. The first kappa shape index (κ1) is 31.4. The number of nitrogens with zero attached hydrogens (tertiary/aromatic N) is 1. The number of aliphatic hydroxyl groups excluding tert-OH is 1. The fourth-order valence-electron chi connectivity index (χ4n) is 11.2. The standard InChI is InChI=1S/C35H48F3N3O4/c1-19-10-13-34(44-18-19)20(2)30-28(45-34)16-27-25-9-8-21-15-24(42)11-12-32(21,3)26(25)17-29(33(27,30)4)40-41-31(43)39-23-7-5-6-22(14-23)35(36,37)38/h5-7,14,19-21,24-28,30,42H,8-13,15-18H2,1-4H3,(H2,39,41,43)/b40-29+/t19-,20+,21+,24+,25-,26+,27+,28+,30+,32+,33-,34-/m1/s1. The van der Waals surface area contributed by atoms with E-state index in [1.165, 1.54) is 12.1 Å². The van der Waals surface area contributed by atoms with Crippen molar-refractivity contribution >= 4 is 17.4 Å². The smallest absolute Gasteiger partial charge is 0.393 e. The van der Waals surface area contributed by atoms with Gasteiger partial charge in [-0.3, -0.25) is 0 Å². The summed E-state index contributed by atoms with van der Waals surface area (Å²) in [5.74, 6) is 1.94. The zero-order valence-corrected chi connectivity index (χ0v) is 26.8. The van der Waals surface area contributed by atoms with Crippen LogP contribution in [0.25, 0.3) is 0 Å². The van der Waals surface area contributed by atoms with E-state index in [1.54, 1.807) is 0 Å². The number of amides is 2. The number of anilines is 1. The molecule has 1 spiro atoms. The molecular weight excluding hydrogens is 583 g/mol. The summed E-state index contributed by atoms with van der Waals surface area (Å²) in [5, 5.41) is 18.0. The summed E-state index contributed by atoms with van der Waals surface area (Å²) in [6.45, 7) is 9.92. The van der Waals surface area contributed by atoms with Crippen molar-refractivity contribution in [3.05, 3.63) is 29.8 Å². The Bertz CT molecular complexity index is 1350. The number of benzene rings is 1. The second kappa shape index (κ2) is 10.9. The lowest BCUT2D eigenvalue weighted by Crippen LogP contribution is -2.58. The van der Waals surface area contributed by atoms with Gasteiger partial charge in [0.2, 0.25) is 0 Å². The number of urea groups is 1. The lowest BCUT2D eigenvalue weighted by Gasteiger charge is -2.61. The Kier molecular flexibility index (Phi) is 7.64. The Labute approximate surface area is 264 Å². The van der Waals surface area contributed by atoms with Crippen LogP contribution in [0.3, 0.4) is 0 Å². The number of ether oxygens (including phenoxy) is 2. The van der Waals surface area contributed by atoms with Crippen LogP contribution in [-0.2, 0) is 15.7 Å². The molecule has 0 unspecified atom stereocenters. The van der Waals surface area contributed by atoms with Crippen LogP contribution in [0.1, 0.15) is 91.0 Å². The van der Waals surface area contributed by atoms with Gasteiger partial charge in [-0.2, -0.15) is 18.3 Å². The van der Waals surface area contributed by atoms with Gasteiger partial charge in [-0.1, -0.05) is 33.8 Å². The molecule has 6 aliphatic rings. The molecule has 0 bridgehead atoms. The average Bonchev–Trinajstić information content (AvgIpc) is 3.43. The van der Waals surface area contributed by atoms with Crippen LogP contribution in [0.2, 0.25) is 0 Å². The van der Waals surface area contributed by atoms with Crippen molar-refractivity contribution in [1.29, 1.82) is 0 Å². The van der Waals surface area contributed by atoms with Crippen molar-refractivity contribution in [2.75, 3.05) is 11.9 Å². The van der Waals surface area contributed by atoms with Gasteiger partial charge >= 0.3 is 12.2 Å². The Morgan fingerprint density at radius 2 is 1.87 bits per heavy atom. The quantitative estimate of drug-likeness (QED) is 0.293. The number of halogens is 3. The Balaban J connectivity index is 1.20. The van der Waals surface area contributed by atoms with Crippen molar-refractivity contribution in [2.24, 2.45) is 57.4 Å². The summed E-state index contributed by atoms with van der Waals surface area (Å²) in [4.78, 5) is 13.1. The average molecular weight is 632 g/mol. The van der Waals surface area contributed by atoms with E-state index < -0.39 is 23.6 Å². The number of rotatable bonds is 2. The third-order valence-electron chi connectivity index (χ3n) is 13.5. The Morgan fingerprint density at radius 1 is 1.07 bits per heavy atom. The number of hydrazone groups is 1. The van der Waals surface area contributed by atoms with E-state index in [4.69, 9.17) is 14.6 Å². The molecule has 1 aromatic carbocycles. The topological polar surface area (TPSA) is 92.2 Å². The predicted octanol–water partition coefficient (Wildman–Crippen LogP) is 7.60. The van der Waals surface area contributed by atoms with Crippen molar-refractivity contribution < 1.29 is 32.5 Å². The molecule has 0 aromatic heterocycles. The minimum atomic E-state index is -4.50. The van der Waals surface area contributed by atoms with E-state index >= 15 is 0 Å². The molecule has 4 saturated carbocycles. The van der Waals surface area contributed by atoms with Gasteiger partial charge in [-0.15, -0.1) is 0 Å². The lowest BCUT2D eigenvalue weighted by atomic mass is 9.44. The summed E-state index contributed by atoms with van der Waals surface area (Å²) in [6, 6.07) is 3.97. The Hall–Kier alpha value is -2.17. The van der Waals surface area contributed by atoms with E-state index in [2.05, 4.69) is 38.4 Å². The molecular formula is C35H48F3N3O4. The van der Waals surface area contributed by atoms with Gasteiger partial charge in [-0.25, -0.2) is 10.2 Å². The molecule has 2 aliphatic heterocycles. The highest BCUT2D eigenvalue weighted by molar-refractivity contribution is 5.95. The molecule has 10 heteroatoms. The van der Waals surface area contributed by atoms with Crippen LogP contribution in [-0.4, -0.2) is 41.5 Å². The largest absolute Gasteiger partial charge is 0.416 e. The molecule has 0 radical (unpaired) electrons. The minimum Gasteiger partial charge on any atom is -0.393 e. The van der Waals surface area contributed by atoms with Gasteiger partial charge in [0.15, 0.2) is 5.79 Å². The molecule has 7 rings (SSSR count). The molecule has 6 fully saturated rings. The van der Waals surface area contributed by atoms with E-state index in [0.29, 0.717) is 36.2 Å². The van der Waals surface area contributed by atoms with Crippen LogP contribution < -0.4 is 10.7 Å². The van der Waals surface area contributed by atoms with Crippen LogP contribution in [0.4, 0.5) is 23.7 Å². The van der Waals surface area contributed by atoms with Gasteiger partial charge in [0.05, 0.1) is 24.4 Å². The first-order valence-electron chi connectivity index (χ1n) is 17.1. The molecule has 2 amide bonds. The second-order valence-corrected chi connectivity index (χ2v) is 15.7. The molecule has 1 aromatic rings. The maximum Gasteiger partial charge on any atom is 0.416 e. The van der Waals surface area contributed by atoms with Crippen LogP contribution >= 0.6 is 0 Å². The molecule has 4 aliphatic carbocycles. The van der Waals surface area contributed by atoms with Crippen molar-refractivity contribution in [3.8, 4) is 0 Å². The molecule has 3 N–H and O–H groups in total. The SMILES string of the molecule is C[C@@H]1CC[C@@]2(OC1)O[C@H]1C[C@H]3[C@@H]4CC[C@H]5C[C@@H](O)CC[C@]5(C)[C@H]4C/C(=N\NC(=O)Nc4cccc(C(F)(F)F)c4)[C@]3(C)[C@H]1[C@@H]2C. The molecule has 12 atom stereocenters. The fraction of sp³-hybridized carbons (Fsp3) is 0.771. The summed E-state index contributed by atoms with van der Waals surface area (Å²) in [6.07, 6.45) is 3.83. The number of hydrogen-bond acceptors (Lipinski definition) is 5. The fourth-order valence-corrected chi connectivity index (χ4v) is 11.2. The molecule has 2 saturated heterocycles. The van der Waals surface area contributed by atoms with E-state index in [9.17, 15) is 23.1 Å². The molecule has 2 heterocycles. The number of nitrogens with one attached hydrogen (secondary N) is 2. The van der Waals surface area contributed by atoms with Gasteiger partial charge < -0.3 is 19.9 Å².